The summed E-state index contributed by atoms with van der Waals surface area (Å²) in [5, 5.41) is 0. The zero-order valence-corrected chi connectivity index (χ0v) is 21.4. The van der Waals surface area contributed by atoms with E-state index < -0.39 is 15.9 Å². The Bertz CT molecular complexity index is 1350. The van der Waals surface area contributed by atoms with Crippen LogP contribution < -0.4 is 9.54 Å². The van der Waals surface area contributed by atoms with Crippen LogP contribution in [0.25, 0.3) is 10.2 Å². The largest absolute Gasteiger partial charge is 0.492 e. The molecular weight excluding hydrogens is 474 g/mol. The second-order valence-electron chi connectivity index (χ2n) is 8.19. The van der Waals surface area contributed by atoms with Crippen molar-refractivity contribution in [1.82, 2.24) is 8.87 Å². The van der Waals surface area contributed by atoms with Gasteiger partial charge in [0, 0.05) is 25.2 Å². The Morgan fingerprint density at radius 2 is 1.79 bits per heavy atom. The summed E-state index contributed by atoms with van der Waals surface area (Å²) in [6.07, 6.45) is -0.346. The molecule has 0 radical (unpaired) electrons. The average Bonchev–Trinajstić information content (AvgIpc) is 3.16. The highest BCUT2D eigenvalue weighted by atomic mass is 32.2. The number of thiazole rings is 1. The van der Waals surface area contributed by atoms with Gasteiger partial charge in [0.2, 0.25) is 10.0 Å². The minimum atomic E-state index is -3.67. The summed E-state index contributed by atoms with van der Waals surface area (Å²) >= 11 is 1.42. The van der Waals surface area contributed by atoms with Crippen molar-refractivity contribution < 1.29 is 22.7 Å². The van der Waals surface area contributed by atoms with Gasteiger partial charge in [0.25, 0.3) is 5.91 Å². The first-order valence-electron chi connectivity index (χ1n) is 11.3. The summed E-state index contributed by atoms with van der Waals surface area (Å²) in [7, 11) is -3.67. The fourth-order valence-electron chi connectivity index (χ4n) is 4.15. The molecule has 34 heavy (non-hydrogen) atoms. The van der Waals surface area contributed by atoms with Crippen molar-refractivity contribution in [1.29, 1.82) is 0 Å². The van der Waals surface area contributed by atoms with Crippen LogP contribution in [0.4, 0.5) is 0 Å². The quantitative estimate of drug-likeness (QED) is 0.512. The highest BCUT2D eigenvalue weighted by molar-refractivity contribution is 7.89. The van der Waals surface area contributed by atoms with E-state index in [2.05, 4.69) is 4.99 Å². The molecule has 1 saturated heterocycles. The van der Waals surface area contributed by atoms with Gasteiger partial charge in [-0.1, -0.05) is 17.4 Å². The van der Waals surface area contributed by atoms with Crippen LogP contribution in [0.5, 0.6) is 5.75 Å². The minimum absolute atomic E-state index is 0.150. The maximum absolute atomic E-state index is 13.1. The lowest BCUT2D eigenvalue weighted by atomic mass is 10.2. The molecule has 2 aromatic carbocycles. The highest BCUT2D eigenvalue weighted by Gasteiger charge is 2.32. The van der Waals surface area contributed by atoms with E-state index in [4.69, 9.17) is 9.47 Å². The second kappa shape index (κ2) is 9.99. The smallest absolute Gasteiger partial charge is 0.279 e. The third-order valence-corrected chi connectivity index (χ3v) is 8.49. The van der Waals surface area contributed by atoms with E-state index in [-0.39, 0.29) is 17.1 Å². The van der Waals surface area contributed by atoms with Gasteiger partial charge in [-0.3, -0.25) is 4.79 Å². The predicted molar refractivity (Wildman–Crippen MR) is 132 cm³/mol. The van der Waals surface area contributed by atoms with Gasteiger partial charge in [-0.15, -0.1) is 0 Å². The van der Waals surface area contributed by atoms with E-state index in [1.54, 1.807) is 0 Å². The molecule has 0 aliphatic carbocycles. The molecule has 2 atom stereocenters. The summed E-state index contributed by atoms with van der Waals surface area (Å²) in [4.78, 5) is 18.0. The molecule has 0 saturated carbocycles. The molecule has 3 aromatic rings. The lowest BCUT2D eigenvalue weighted by Gasteiger charge is -2.34. The van der Waals surface area contributed by atoms with Crippen LogP contribution in [-0.4, -0.2) is 55.1 Å². The summed E-state index contributed by atoms with van der Waals surface area (Å²) in [5.41, 5.74) is 1.24. The van der Waals surface area contributed by atoms with Gasteiger partial charge in [0.05, 0.1) is 28.4 Å². The first kappa shape index (κ1) is 24.6. The fourth-order valence-corrected chi connectivity index (χ4v) is 6.85. The number of carbonyl (C=O) groups is 1. The highest BCUT2D eigenvalue weighted by Crippen LogP contribution is 2.28. The van der Waals surface area contributed by atoms with Gasteiger partial charge in [-0.2, -0.15) is 9.30 Å². The van der Waals surface area contributed by atoms with Crippen molar-refractivity contribution in [3.8, 4) is 5.75 Å². The number of sulfonamides is 1. The van der Waals surface area contributed by atoms with Crippen molar-refractivity contribution in [2.45, 2.75) is 51.3 Å². The standard InChI is InChI=1S/C24H29N3O5S2/c1-5-27-22-20(31-6-2)8-7-9-21(22)33-24(27)25-23(28)18-10-12-19(13-11-18)34(29,30)26-14-16(3)32-17(4)15-26/h7-13,16-17H,5-6,14-15H2,1-4H3/t16-,17-/m1/s1. The van der Waals surface area contributed by atoms with E-state index in [1.165, 1.54) is 39.9 Å². The number of ether oxygens (including phenoxy) is 2. The average molecular weight is 504 g/mol. The van der Waals surface area contributed by atoms with E-state index in [1.807, 2.05) is 50.5 Å². The molecule has 8 nitrogen and oxygen atoms in total. The lowest BCUT2D eigenvalue weighted by molar-refractivity contribution is -0.0440. The maximum Gasteiger partial charge on any atom is 0.279 e. The zero-order valence-electron chi connectivity index (χ0n) is 19.7. The molecule has 1 aromatic heterocycles. The SMILES string of the molecule is CCOc1cccc2sc(=NC(=O)c3ccc(S(=O)(=O)N4C[C@@H](C)O[C@H](C)C4)cc3)n(CC)c12. The lowest BCUT2D eigenvalue weighted by Crippen LogP contribution is -2.48. The van der Waals surface area contributed by atoms with Crippen molar-refractivity contribution in [3.05, 3.63) is 52.8 Å². The topological polar surface area (TPSA) is 90.2 Å². The number of morpholine rings is 1. The van der Waals surface area contributed by atoms with E-state index in [0.717, 1.165) is 16.0 Å². The van der Waals surface area contributed by atoms with E-state index in [9.17, 15) is 13.2 Å². The molecule has 0 bridgehead atoms. The van der Waals surface area contributed by atoms with Gasteiger partial charge in [0.1, 0.15) is 11.3 Å². The molecule has 182 valence electrons. The molecular formula is C24H29N3O5S2. The maximum atomic E-state index is 13.1. The molecule has 1 aliphatic rings. The Kier molecular flexibility index (Phi) is 7.22. The second-order valence-corrected chi connectivity index (χ2v) is 11.1. The molecule has 4 rings (SSSR count). The van der Waals surface area contributed by atoms with Crippen LogP contribution in [0, 0.1) is 0 Å². The summed E-state index contributed by atoms with van der Waals surface area (Å²) in [5.74, 6) is 0.331. The van der Waals surface area contributed by atoms with Gasteiger partial charge in [-0.25, -0.2) is 8.42 Å². The first-order valence-corrected chi connectivity index (χ1v) is 13.6. The van der Waals surface area contributed by atoms with Gasteiger partial charge in [0.15, 0.2) is 4.80 Å². The van der Waals surface area contributed by atoms with Gasteiger partial charge < -0.3 is 14.0 Å². The van der Waals surface area contributed by atoms with E-state index in [0.29, 0.717) is 36.6 Å². The number of rotatable bonds is 6. The molecule has 2 heterocycles. The molecule has 0 N–H and O–H groups in total. The fraction of sp³-hybridized carbons (Fsp3) is 0.417. The third kappa shape index (κ3) is 4.81. The number of benzene rings is 2. The molecule has 0 spiro atoms. The Balaban J connectivity index is 1.64. The van der Waals surface area contributed by atoms with Crippen molar-refractivity contribution in [2.24, 2.45) is 4.99 Å². The number of carbonyl (C=O) groups excluding carboxylic acids is 1. The minimum Gasteiger partial charge on any atom is -0.492 e. The Morgan fingerprint density at radius 1 is 1.12 bits per heavy atom. The van der Waals surface area contributed by atoms with Crippen LogP contribution in [0.1, 0.15) is 38.1 Å². The van der Waals surface area contributed by atoms with Crippen molar-refractivity contribution in [2.75, 3.05) is 19.7 Å². The van der Waals surface area contributed by atoms with Crippen LogP contribution in [0.2, 0.25) is 0 Å². The Morgan fingerprint density at radius 3 is 2.41 bits per heavy atom. The van der Waals surface area contributed by atoms with Gasteiger partial charge >= 0.3 is 0 Å². The van der Waals surface area contributed by atoms with Crippen LogP contribution >= 0.6 is 11.3 Å². The normalized spacial score (nSPS) is 20.1. The number of hydrogen-bond donors (Lipinski definition) is 0. The monoisotopic (exact) mass is 503 g/mol. The van der Waals surface area contributed by atoms with Crippen molar-refractivity contribution in [3.63, 3.8) is 0 Å². The number of para-hydroxylation sites is 1. The van der Waals surface area contributed by atoms with Crippen LogP contribution in [0.15, 0.2) is 52.4 Å². The molecule has 1 fully saturated rings. The number of hydrogen-bond acceptors (Lipinski definition) is 6. The number of aryl methyl sites for hydroxylation is 1. The zero-order chi connectivity index (χ0) is 24.5. The third-order valence-electron chi connectivity index (χ3n) is 5.60. The molecule has 0 unspecified atom stereocenters. The summed E-state index contributed by atoms with van der Waals surface area (Å²) in [6, 6.07) is 11.8. The molecule has 1 amide bonds. The Hall–Kier alpha value is -2.53. The summed E-state index contributed by atoms with van der Waals surface area (Å²) in [6.45, 7) is 9.41. The van der Waals surface area contributed by atoms with Crippen LogP contribution in [0.3, 0.4) is 0 Å². The van der Waals surface area contributed by atoms with Crippen LogP contribution in [-0.2, 0) is 21.3 Å². The number of amides is 1. The molecule has 10 heteroatoms. The number of nitrogens with zero attached hydrogens (tertiary/aromatic N) is 3. The predicted octanol–water partition coefficient (Wildman–Crippen LogP) is 3.66. The molecule has 1 aliphatic heterocycles. The van der Waals surface area contributed by atoms with Gasteiger partial charge in [-0.05, 0) is 64.1 Å². The number of aromatic nitrogens is 1. The number of fused-ring (bicyclic) bond motifs is 1. The van der Waals surface area contributed by atoms with Crippen molar-refractivity contribution >= 4 is 37.5 Å². The summed E-state index contributed by atoms with van der Waals surface area (Å²) < 4.78 is 41.9. The first-order chi connectivity index (χ1) is 16.2. The van der Waals surface area contributed by atoms with E-state index >= 15 is 0 Å². The Labute approximate surface area is 203 Å².